The van der Waals surface area contributed by atoms with E-state index < -0.39 is 0 Å². The summed E-state index contributed by atoms with van der Waals surface area (Å²) in [4.78, 5) is 4.58. The van der Waals surface area contributed by atoms with Gasteiger partial charge in [-0.2, -0.15) is 9.61 Å². The first-order valence-corrected chi connectivity index (χ1v) is 8.08. The predicted octanol–water partition coefficient (Wildman–Crippen LogP) is 2.62. The SMILES string of the molecule is Cc1cc(-c2cnc3c(-c4nnn[nH]4)cnn3c2N)c2ccccc2c1. The van der Waals surface area contributed by atoms with Gasteiger partial charge in [0, 0.05) is 11.8 Å². The van der Waals surface area contributed by atoms with Crippen LogP contribution in [0.5, 0.6) is 0 Å². The number of hydrogen-bond acceptors (Lipinski definition) is 6. The van der Waals surface area contributed by atoms with Crippen LogP contribution in [-0.4, -0.2) is 35.2 Å². The molecule has 0 spiro atoms. The second kappa shape index (κ2) is 5.35. The number of nitrogen functional groups attached to an aromatic ring is 1. The van der Waals surface area contributed by atoms with Crippen LogP contribution in [0, 0.1) is 6.92 Å². The average Bonchev–Trinajstić information content (AvgIpc) is 3.31. The summed E-state index contributed by atoms with van der Waals surface area (Å²) in [7, 11) is 0. The third-order valence-electron chi connectivity index (χ3n) is 4.46. The summed E-state index contributed by atoms with van der Waals surface area (Å²) in [6.45, 7) is 2.07. The highest BCUT2D eigenvalue weighted by atomic mass is 15.5. The van der Waals surface area contributed by atoms with Crippen LogP contribution in [0.4, 0.5) is 5.82 Å². The van der Waals surface area contributed by atoms with E-state index >= 15 is 0 Å². The fourth-order valence-corrected chi connectivity index (χ4v) is 3.28. The number of nitrogens with two attached hydrogens (primary N) is 1. The molecule has 0 saturated heterocycles. The summed E-state index contributed by atoms with van der Waals surface area (Å²) in [5.74, 6) is 1.02. The molecule has 3 N–H and O–H groups in total. The summed E-state index contributed by atoms with van der Waals surface area (Å²) >= 11 is 0. The van der Waals surface area contributed by atoms with Crippen LogP contribution in [-0.2, 0) is 0 Å². The van der Waals surface area contributed by atoms with E-state index in [0.717, 1.165) is 27.5 Å². The number of nitrogens with zero attached hydrogens (tertiary/aromatic N) is 6. The Morgan fingerprint density at radius 2 is 1.92 bits per heavy atom. The fraction of sp³-hybridized carbons (Fsp3) is 0.0556. The lowest BCUT2D eigenvalue weighted by Crippen LogP contribution is -2.03. The lowest BCUT2D eigenvalue weighted by atomic mass is 9.97. The second-order valence-electron chi connectivity index (χ2n) is 6.13. The topological polar surface area (TPSA) is 111 Å². The quantitative estimate of drug-likeness (QED) is 0.510. The average molecular weight is 342 g/mol. The molecule has 126 valence electrons. The Morgan fingerprint density at radius 1 is 1.04 bits per heavy atom. The summed E-state index contributed by atoms with van der Waals surface area (Å²) < 4.78 is 1.62. The zero-order valence-corrected chi connectivity index (χ0v) is 13.9. The van der Waals surface area contributed by atoms with Gasteiger partial charge in [0.15, 0.2) is 11.5 Å². The minimum absolute atomic E-state index is 0.501. The number of benzene rings is 2. The van der Waals surface area contributed by atoms with Gasteiger partial charge in [-0.25, -0.2) is 10.1 Å². The van der Waals surface area contributed by atoms with Crippen molar-refractivity contribution in [3.8, 4) is 22.5 Å². The third-order valence-corrected chi connectivity index (χ3v) is 4.46. The van der Waals surface area contributed by atoms with Gasteiger partial charge in [0.1, 0.15) is 5.82 Å². The highest BCUT2D eigenvalue weighted by Crippen LogP contribution is 2.34. The molecule has 0 aliphatic rings. The molecule has 5 rings (SSSR count). The zero-order valence-electron chi connectivity index (χ0n) is 13.9. The molecular weight excluding hydrogens is 328 g/mol. The molecule has 0 fully saturated rings. The first-order valence-electron chi connectivity index (χ1n) is 8.08. The molecule has 0 amide bonds. The van der Waals surface area contributed by atoms with Crippen molar-refractivity contribution in [3.05, 3.63) is 54.4 Å². The summed E-state index contributed by atoms with van der Waals surface area (Å²) in [5, 5.41) is 20.5. The number of aromatic nitrogens is 7. The molecule has 3 aromatic heterocycles. The standard InChI is InChI=1S/C18H14N8/c1-10-6-11-4-2-3-5-12(11)13(7-10)14-8-20-18-15(17-22-24-25-23-17)9-21-26(18)16(14)19/h2-9H,19H2,1H3,(H,22,23,24,25). The van der Waals surface area contributed by atoms with Gasteiger partial charge in [0.2, 0.25) is 0 Å². The first kappa shape index (κ1) is 14.5. The van der Waals surface area contributed by atoms with Crippen molar-refractivity contribution in [1.82, 2.24) is 35.2 Å². The molecule has 0 saturated carbocycles. The number of aryl methyl sites for hydroxylation is 1. The number of rotatable bonds is 2. The van der Waals surface area contributed by atoms with Crippen molar-refractivity contribution >= 4 is 22.2 Å². The largest absolute Gasteiger partial charge is 0.383 e. The monoisotopic (exact) mass is 342 g/mol. The van der Waals surface area contributed by atoms with Crippen molar-refractivity contribution in [2.45, 2.75) is 6.92 Å². The summed E-state index contributed by atoms with van der Waals surface area (Å²) in [6.07, 6.45) is 3.43. The lowest BCUT2D eigenvalue weighted by Gasteiger charge is -2.11. The Balaban J connectivity index is 1.78. The van der Waals surface area contributed by atoms with Crippen LogP contribution in [0.15, 0.2) is 48.8 Å². The highest BCUT2D eigenvalue weighted by Gasteiger charge is 2.17. The Morgan fingerprint density at radius 3 is 2.77 bits per heavy atom. The van der Waals surface area contributed by atoms with Crippen molar-refractivity contribution in [3.63, 3.8) is 0 Å². The van der Waals surface area contributed by atoms with E-state index in [1.54, 1.807) is 16.9 Å². The van der Waals surface area contributed by atoms with Crippen LogP contribution in [0.2, 0.25) is 0 Å². The van der Waals surface area contributed by atoms with Gasteiger partial charge < -0.3 is 5.73 Å². The van der Waals surface area contributed by atoms with E-state index in [2.05, 4.69) is 61.9 Å². The van der Waals surface area contributed by atoms with Crippen LogP contribution in [0.25, 0.3) is 38.9 Å². The molecule has 3 heterocycles. The van der Waals surface area contributed by atoms with Crippen molar-refractivity contribution in [1.29, 1.82) is 0 Å². The minimum Gasteiger partial charge on any atom is -0.383 e. The van der Waals surface area contributed by atoms with E-state index in [1.807, 2.05) is 12.1 Å². The third kappa shape index (κ3) is 2.05. The van der Waals surface area contributed by atoms with Crippen molar-refractivity contribution < 1.29 is 0 Å². The fourth-order valence-electron chi connectivity index (χ4n) is 3.28. The molecule has 0 unspecified atom stereocenters. The number of hydrogen-bond donors (Lipinski definition) is 2. The number of tetrazole rings is 1. The molecule has 0 atom stereocenters. The van der Waals surface area contributed by atoms with E-state index in [0.29, 0.717) is 22.9 Å². The molecule has 2 aromatic carbocycles. The highest BCUT2D eigenvalue weighted by molar-refractivity contribution is 5.99. The Hall–Kier alpha value is -3.81. The number of fused-ring (bicyclic) bond motifs is 2. The van der Waals surface area contributed by atoms with Crippen molar-refractivity contribution in [2.24, 2.45) is 0 Å². The van der Waals surface area contributed by atoms with Gasteiger partial charge in [0.25, 0.3) is 0 Å². The van der Waals surface area contributed by atoms with E-state index in [4.69, 9.17) is 5.73 Å². The van der Waals surface area contributed by atoms with Gasteiger partial charge in [-0.05, 0) is 39.2 Å². The van der Waals surface area contributed by atoms with Crippen LogP contribution in [0.3, 0.4) is 0 Å². The van der Waals surface area contributed by atoms with Gasteiger partial charge in [-0.1, -0.05) is 36.4 Å². The van der Waals surface area contributed by atoms with Crippen molar-refractivity contribution in [2.75, 3.05) is 5.73 Å². The zero-order chi connectivity index (χ0) is 17.7. The first-order chi connectivity index (χ1) is 12.7. The maximum absolute atomic E-state index is 6.46. The van der Waals surface area contributed by atoms with Crippen LogP contribution in [0.1, 0.15) is 5.56 Å². The number of anilines is 1. The lowest BCUT2D eigenvalue weighted by molar-refractivity contribution is 0.881. The number of H-pyrrole nitrogens is 1. The summed E-state index contributed by atoms with van der Waals surface area (Å²) in [6, 6.07) is 12.5. The number of aromatic amines is 1. The maximum Gasteiger partial charge on any atom is 0.184 e. The molecule has 8 nitrogen and oxygen atoms in total. The van der Waals surface area contributed by atoms with Gasteiger partial charge in [0.05, 0.1) is 11.8 Å². The molecule has 0 aliphatic carbocycles. The van der Waals surface area contributed by atoms with Gasteiger partial charge in [-0.3, -0.25) is 0 Å². The molecule has 26 heavy (non-hydrogen) atoms. The van der Waals surface area contributed by atoms with E-state index in [9.17, 15) is 0 Å². The van der Waals surface area contributed by atoms with Crippen LogP contribution < -0.4 is 5.73 Å². The molecule has 0 bridgehead atoms. The molecule has 0 aliphatic heterocycles. The van der Waals surface area contributed by atoms with Gasteiger partial charge >= 0.3 is 0 Å². The maximum atomic E-state index is 6.46. The Kier molecular flexibility index (Phi) is 2.99. The minimum atomic E-state index is 0.501. The van der Waals surface area contributed by atoms with Gasteiger partial charge in [-0.15, -0.1) is 5.10 Å². The number of nitrogens with one attached hydrogen (secondary N) is 1. The van der Waals surface area contributed by atoms with Crippen LogP contribution >= 0.6 is 0 Å². The normalized spacial score (nSPS) is 11.4. The second-order valence-corrected chi connectivity index (χ2v) is 6.13. The molecule has 0 radical (unpaired) electrons. The predicted molar refractivity (Wildman–Crippen MR) is 98.3 cm³/mol. The molecule has 5 aromatic rings. The molecule has 8 heteroatoms. The van der Waals surface area contributed by atoms with E-state index in [1.165, 1.54) is 0 Å². The smallest absolute Gasteiger partial charge is 0.184 e. The Labute approximate surface area is 147 Å². The van der Waals surface area contributed by atoms with E-state index in [-0.39, 0.29) is 0 Å². The molecular formula is C18H14N8. The Bertz CT molecular complexity index is 1250. The summed E-state index contributed by atoms with van der Waals surface area (Å²) in [5.41, 5.74) is 10.8.